The summed E-state index contributed by atoms with van der Waals surface area (Å²) in [4.78, 5) is 0. The fourth-order valence-corrected chi connectivity index (χ4v) is 3.36. The van der Waals surface area contributed by atoms with Crippen LogP contribution in [0.25, 0.3) is 10.1 Å². The molecule has 0 saturated heterocycles. The zero-order chi connectivity index (χ0) is 13.4. The molecule has 1 atom stereocenters. The standard InChI is InChI=1S/C15H10Cl2OS/c16-12-6-5-9(7-13(12)17)15(18)11-8-19-14-4-2-1-3-10(11)14/h1-8,15,18H. The predicted molar refractivity (Wildman–Crippen MR) is 82.3 cm³/mol. The van der Waals surface area contributed by atoms with Crippen LogP contribution in [0.4, 0.5) is 0 Å². The molecule has 96 valence electrons. The van der Waals surface area contributed by atoms with Crippen LogP contribution in [0.5, 0.6) is 0 Å². The van der Waals surface area contributed by atoms with E-state index in [1.165, 1.54) is 0 Å². The average molecular weight is 309 g/mol. The van der Waals surface area contributed by atoms with Crippen molar-refractivity contribution in [2.45, 2.75) is 6.10 Å². The smallest absolute Gasteiger partial charge is 0.106 e. The van der Waals surface area contributed by atoms with Gasteiger partial charge in [0.15, 0.2) is 0 Å². The zero-order valence-electron chi connectivity index (χ0n) is 9.81. The molecule has 1 heterocycles. The van der Waals surface area contributed by atoms with E-state index in [1.807, 2.05) is 29.6 Å². The van der Waals surface area contributed by atoms with Crippen molar-refractivity contribution < 1.29 is 5.11 Å². The van der Waals surface area contributed by atoms with Gasteiger partial charge in [0, 0.05) is 10.3 Å². The number of fused-ring (bicyclic) bond motifs is 1. The molecule has 3 aromatic rings. The molecule has 19 heavy (non-hydrogen) atoms. The predicted octanol–water partition coefficient (Wildman–Crippen LogP) is 5.29. The number of benzene rings is 2. The van der Waals surface area contributed by atoms with E-state index in [4.69, 9.17) is 23.2 Å². The van der Waals surface area contributed by atoms with Crippen molar-refractivity contribution in [3.8, 4) is 0 Å². The Morgan fingerprint density at radius 2 is 1.79 bits per heavy atom. The third-order valence-electron chi connectivity index (χ3n) is 3.06. The van der Waals surface area contributed by atoms with E-state index in [2.05, 4.69) is 0 Å². The summed E-state index contributed by atoms with van der Waals surface area (Å²) < 4.78 is 1.16. The zero-order valence-corrected chi connectivity index (χ0v) is 12.1. The van der Waals surface area contributed by atoms with Crippen LogP contribution in [0, 0.1) is 0 Å². The number of hydrogen-bond acceptors (Lipinski definition) is 2. The lowest BCUT2D eigenvalue weighted by molar-refractivity contribution is 0.222. The summed E-state index contributed by atoms with van der Waals surface area (Å²) in [7, 11) is 0. The molecule has 3 rings (SSSR count). The molecule has 1 N–H and O–H groups in total. The molecule has 0 aliphatic heterocycles. The molecule has 1 nitrogen and oxygen atoms in total. The van der Waals surface area contributed by atoms with Crippen LogP contribution >= 0.6 is 34.5 Å². The summed E-state index contributed by atoms with van der Waals surface area (Å²) in [5.74, 6) is 0. The molecule has 2 aromatic carbocycles. The van der Waals surface area contributed by atoms with Crippen LogP contribution in [0.3, 0.4) is 0 Å². The van der Waals surface area contributed by atoms with Crippen LogP contribution < -0.4 is 0 Å². The van der Waals surface area contributed by atoms with Gasteiger partial charge < -0.3 is 5.11 Å². The molecule has 0 aliphatic rings. The van der Waals surface area contributed by atoms with Crippen LogP contribution in [-0.2, 0) is 0 Å². The molecule has 0 spiro atoms. The summed E-state index contributed by atoms with van der Waals surface area (Å²) in [5.41, 5.74) is 1.65. The van der Waals surface area contributed by atoms with Gasteiger partial charge in [-0.05, 0) is 34.5 Å². The van der Waals surface area contributed by atoms with Gasteiger partial charge in [0.2, 0.25) is 0 Å². The summed E-state index contributed by atoms with van der Waals surface area (Å²) in [6.45, 7) is 0. The minimum atomic E-state index is -0.689. The molecular formula is C15H10Cl2OS. The molecule has 0 radical (unpaired) electrons. The van der Waals surface area contributed by atoms with Gasteiger partial charge in [-0.15, -0.1) is 11.3 Å². The molecule has 0 amide bonds. The lowest BCUT2D eigenvalue weighted by Crippen LogP contribution is -1.98. The number of rotatable bonds is 2. The largest absolute Gasteiger partial charge is 0.384 e. The van der Waals surface area contributed by atoms with E-state index < -0.39 is 6.10 Å². The van der Waals surface area contributed by atoms with E-state index in [0.717, 1.165) is 21.2 Å². The molecule has 1 unspecified atom stereocenters. The van der Waals surface area contributed by atoms with Crippen molar-refractivity contribution in [3.63, 3.8) is 0 Å². The lowest BCUT2D eigenvalue weighted by Gasteiger charge is -2.11. The van der Waals surface area contributed by atoms with Crippen LogP contribution in [0.2, 0.25) is 10.0 Å². The van der Waals surface area contributed by atoms with Crippen LogP contribution in [-0.4, -0.2) is 5.11 Å². The van der Waals surface area contributed by atoms with Crippen molar-refractivity contribution in [1.29, 1.82) is 0 Å². The Hall–Kier alpha value is -1.06. The SMILES string of the molecule is OC(c1ccc(Cl)c(Cl)c1)c1csc2ccccc12. The molecule has 4 heteroatoms. The van der Waals surface area contributed by atoms with Gasteiger partial charge >= 0.3 is 0 Å². The first kappa shape index (κ1) is 12.9. The quantitative estimate of drug-likeness (QED) is 0.682. The van der Waals surface area contributed by atoms with Gasteiger partial charge in [0.05, 0.1) is 10.0 Å². The Kier molecular flexibility index (Phi) is 3.50. The van der Waals surface area contributed by atoms with E-state index in [9.17, 15) is 5.11 Å². The van der Waals surface area contributed by atoms with Gasteiger partial charge in [0.1, 0.15) is 6.10 Å². The lowest BCUT2D eigenvalue weighted by atomic mass is 10.0. The Labute approximate surface area is 125 Å². The van der Waals surface area contributed by atoms with Crippen molar-refractivity contribution in [3.05, 3.63) is 69.0 Å². The highest BCUT2D eigenvalue weighted by molar-refractivity contribution is 7.17. The van der Waals surface area contributed by atoms with Gasteiger partial charge in [-0.25, -0.2) is 0 Å². The average Bonchev–Trinajstić information content (AvgIpc) is 2.85. The van der Waals surface area contributed by atoms with Gasteiger partial charge in [-0.1, -0.05) is 47.5 Å². The maximum atomic E-state index is 10.5. The second-order valence-electron chi connectivity index (χ2n) is 4.26. The molecule has 1 aromatic heterocycles. The minimum absolute atomic E-state index is 0.456. The fraction of sp³-hybridized carbons (Fsp3) is 0.0667. The summed E-state index contributed by atoms with van der Waals surface area (Å²) >= 11 is 13.5. The van der Waals surface area contributed by atoms with Crippen molar-refractivity contribution in [1.82, 2.24) is 0 Å². The summed E-state index contributed by atoms with van der Waals surface area (Å²) in [6, 6.07) is 13.2. The first-order chi connectivity index (χ1) is 9.16. The number of aliphatic hydroxyl groups is 1. The van der Waals surface area contributed by atoms with Crippen molar-refractivity contribution in [2.75, 3.05) is 0 Å². The number of thiophene rings is 1. The van der Waals surface area contributed by atoms with E-state index in [0.29, 0.717) is 10.0 Å². The second kappa shape index (κ2) is 5.14. The van der Waals surface area contributed by atoms with Gasteiger partial charge in [0.25, 0.3) is 0 Å². The normalized spacial score (nSPS) is 12.8. The summed E-state index contributed by atoms with van der Waals surface area (Å²) in [6.07, 6.45) is -0.689. The highest BCUT2D eigenvalue weighted by Gasteiger charge is 2.15. The Bertz CT molecular complexity index is 736. The van der Waals surface area contributed by atoms with Crippen LogP contribution in [0.1, 0.15) is 17.2 Å². The summed E-state index contributed by atoms with van der Waals surface area (Å²) in [5, 5.41) is 14.5. The Morgan fingerprint density at radius 3 is 2.58 bits per heavy atom. The number of aliphatic hydroxyl groups excluding tert-OH is 1. The second-order valence-corrected chi connectivity index (χ2v) is 5.99. The van der Waals surface area contributed by atoms with E-state index >= 15 is 0 Å². The third kappa shape index (κ3) is 2.37. The Morgan fingerprint density at radius 1 is 1.00 bits per heavy atom. The molecule has 0 fully saturated rings. The van der Waals surface area contributed by atoms with Gasteiger partial charge in [-0.2, -0.15) is 0 Å². The third-order valence-corrected chi connectivity index (χ3v) is 4.79. The Balaban J connectivity index is 2.08. The maximum absolute atomic E-state index is 10.5. The highest BCUT2D eigenvalue weighted by atomic mass is 35.5. The first-order valence-electron chi connectivity index (χ1n) is 5.76. The van der Waals surface area contributed by atoms with E-state index in [-0.39, 0.29) is 0 Å². The van der Waals surface area contributed by atoms with Gasteiger partial charge in [-0.3, -0.25) is 0 Å². The molecule has 0 aliphatic carbocycles. The fourth-order valence-electron chi connectivity index (χ4n) is 2.07. The highest BCUT2D eigenvalue weighted by Crippen LogP contribution is 2.35. The topological polar surface area (TPSA) is 20.2 Å². The molecule has 0 saturated carbocycles. The van der Waals surface area contributed by atoms with E-state index in [1.54, 1.807) is 29.5 Å². The maximum Gasteiger partial charge on any atom is 0.106 e. The molecule has 0 bridgehead atoms. The number of halogens is 2. The monoisotopic (exact) mass is 308 g/mol. The minimum Gasteiger partial charge on any atom is -0.384 e. The van der Waals surface area contributed by atoms with Crippen molar-refractivity contribution >= 4 is 44.6 Å². The van der Waals surface area contributed by atoms with Crippen molar-refractivity contribution in [2.24, 2.45) is 0 Å². The molecular weight excluding hydrogens is 299 g/mol. The van der Waals surface area contributed by atoms with Crippen LogP contribution in [0.15, 0.2) is 47.8 Å². The number of hydrogen-bond donors (Lipinski definition) is 1. The first-order valence-corrected chi connectivity index (χ1v) is 7.39.